The molecule has 1 aliphatic heterocycles. The Bertz CT molecular complexity index is 227. The highest BCUT2D eigenvalue weighted by Crippen LogP contribution is 2.38. The molecule has 0 radical (unpaired) electrons. The van der Waals surface area contributed by atoms with E-state index in [0.717, 1.165) is 0 Å². The summed E-state index contributed by atoms with van der Waals surface area (Å²) in [6.45, 7) is 0. The molecule has 0 aromatic heterocycles. The first kappa shape index (κ1) is 7.73. The smallest absolute Gasteiger partial charge is 0.232 e. The Balaban J connectivity index is 2.27. The molecule has 2 amide bonds. The standard InChI is InChI=1S/C8H12N2O2/c1-10-7(11)5-2-4(9)3-6(5)8(10)12/h4-6H,2-3,9H2,1H3. The van der Waals surface area contributed by atoms with Gasteiger partial charge in [-0.25, -0.2) is 0 Å². The SMILES string of the molecule is CN1C(=O)C2CC(N)CC2C1=O. The van der Waals surface area contributed by atoms with Crippen molar-refractivity contribution in [2.45, 2.75) is 18.9 Å². The first-order valence-electron chi connectivity index (χ1n) is 4.18. The second-order valence-electron chi connectivity index (χ2n) is 3.68. The third-order valence-corrected chi connectivity index (χ3v) is 2.89. The number of nitrogens with two attached hydrogens (primary N) is 1. The average Bonchev–Trinajstić information content (AvgIpc) is 2.49. The highest BCUT2D eigenvalue weighted by atomic mass is 16.2. The Labute approximate surface area is 70.7 Å². The Hall–Kier alpha value is -0.900. The van der Waals surface area contributed by atoms with Crippen LogP contribution in [-0.4, -0.2) is 29.8 Å². The van der Waals surface area contributed by atoms with Gasteiger partial charge in [0.2, 0.25) is 11.8 Å². The Morgan fingerprint density at radius 1 is 1.25 bits per heavy atom. The van der Waals surface area contributed by atoms with Gasteiger partial charge in [0.1, 0.15) is 0 Å². The number of likely N-dealkylation sites (tertiary alicyclic amines) is 1. The van der Waals surface area contributed by atoms with Crippen LogP contribution in [0.15, 0.2) is 0 Å². The van der Waals surface area contributed by atoms with Gasteiger partial charge in [0.15, 0.2) is 0 Å². The number of amides is 2. The van der Waals surface area contributed by atoms with Gasteiger partial charge in [-0.15, -0.1) is 0 Å². The third kappa shape index (κ3) is 0.813. The summed E-state index contributed by atoms with van der Waals surface area (Å²) in [6.07, 6.45) is 1.36. The molecule has 0 bridgehead atoms. The van der Waals surface area contributed by atoms with Gasteiger partial charge in [-0.3, -0.25) is 14.5 Å². The molecule has 66 valence electrons. The van der Waals surface area contributed by atoms with E-state index in [9.17, 15) is 9.59 Å². The molecule has 4 nitrogen and oxygen atoms in total. The van der Waals surface area contributed by atoms with E-state index in [-0.39, 0.29) is 29.7 Å². The Morgan fingerprint density at radius 3 is 2.08 bits per heavy atom. The molecule has 2 aliphatic rings. The zero-order valence-electron chi connectivity index (χ0n) is 6.99. The van der Waals surface area contributed by atoms with Gasteiger partial charge < -0.3 is 5.73 Å². The number of hydrogen-bond donors (Lipinski definition) is 1. The first-order valence-corrected chi connectivity index (χ1v) is 4.18. The van der Waals surface area contributed by atoms with Crippen molar-refractivity contribution in [3.8, 4) is 0 Å². The molecule has 1 heterocycles. The summed E-state index contributed by atoms with van der Waals surface area (Å²) in [7, 11) is 1.55. The minimum absolute atomic E-state index is 0.0431. The van der Waals surface area contributed by atoms with Gasteiger partial charge >= 0.3 is 0 Å². The van der Waals surface area contributed by atoms with Gasteiger partial charge in [-0.1, -0.05) is 0 Å². The zero-order chi connectivity index (χ0) is 8.88. The van der Waals surface area contributed by atoms with Crippen LogP contribution >= 0.6 is 0 Å². The summed E-state index contributed by atoms with van der Waals surface area (Å²) in [5.74, 6) is -0.314. The lowest BCUT2D eigenvalue weighted by Gasteiger charge is -2.09. The first-order chi connectivity index (χ1) is 5.61. The van der Waals surface area contributed by atoms with E-state index >= 15 is 0 Å². The summed E-state index contributed by atoms with van der Waals surface area (Å²) in [4.78, 5) is 24.0. The molecule has 0 aromatic rings. The Morgan fingerprint density at radius 2 is 1.67 bits per heavy atom. The average molecular weight is 168 g/mol. The fourth-order valence-corrected chi connectivity index (χ4v) is 2.23. The topological polar surface area (TPSA) is 63.4 Å². The van der Waals surface area contributed by atoms with E-state index in [2.05, 4.69) is 0 Å². The third-order valence-electron chi connectivity index (χ3n) is 2.89. The van der Waals surface area contributed by atoms with Crippen molar-refractivity contribution >= 4 is 11.8 Å². The van der Waals surface area contributed by atoms with Crippen LogP contribution in [0.2, 0.25) is 0 Å². The van der Waals surface area contributed by atoms with Crippen molar-refractivity contribution in [1.29, 1.82) is 0 Å². The van der Waals surface area contributed by atoms with E-state index < -0.39 is 0 Å². The van der Waals surface area contributed by atoms with Crippen LogP contribution in [-0.2, 0) is 9.59 Å². The lowest BCUT2D eigenvalue weighted by atomic mass is 10.00. The van der Waals surface area contributed by atoms with E-state index in [1.54, 1.807) is 7.05 Å². The highest BCUT2D eigenvalue weighted by molar-refractivity contribution is 6.05. The number of carbonyl (C=O) groups is 2. The number of rotatable bonds is 0. The van der Waals surface area contributed by atoms with Gasteiger partial charge in [-0.05, 0) is 12.8 Å². The minimum atomic E-state index is -0.113. The maximum atomic E-state index is 11.4. The molecule has 2 rings (SSSR count). The van der Waals surface area contributed by atoms with Crippen LogP contribution in [0.25, 0.3) is 0 Å². The van der Waals surface area contributed by atoms with Crippen LogP contribution in [0, 0.1) is 11.8 Å². The number of imide groups is 1. The fraction of sp³-hybridized carbons (Fsp3) is 0.750. The predicted octanol–water partition coefficient (Wildman–Crippen LogP) is -0.662. The van der Waals surface area contributed by atoms with E-state index in [0.29, 0.717) is 12.8 Å². The highest BCUT2D eigenvalue weighted by Gasteiger charge is 2.50. The van der Waals surface area contributed by atoms with Crippen LogP contribution in [0.4, 0.5) is 0 Å². The van der Waals surface area contributed by atoms with Crippen LogP contribution in [0.3, 0.4) is 0 Å². The van der Waals surface area contributed by atoms with Gasteiger partial charge in [-0.2, -0.15) is 0 Å². The molecule has 0 aromatic carbocycles. The largest absolute Gasteiger partial charge is 0.328 e. The molecule has 2 unspecified atom stereocenters. The maximum absolute atomic E-state index is 11.4. The summed E-state index contributed by atoms with van der Waals surface area (Å²) in [6, 6.07) is 0.0431. The molecule has 1 saturated heterocycles. The molecule has 1 aliphatic carbocycles. The lowest BCUT2D eigenvalue weighted by molar-refractivity contribution is -0.138. The number of carbonyl (C=O) groups excluding carboxylic acids is 2. The Kier molecular flexibility index (Phi) is 1.48. The molecular weight excluding hydrogens is 156 g/mol. The van der Waals surface area contributed by atoms with Crippen molar-refractivity contribution in [3.05, 3.63) is 0 Å². The number of hydrogen-bond acceptors (Lipinski definition) is 3. The molecular formula is C8H12N2O2. The van der Waals surface area contributed by atoms with Crippen molar-refractivity contribution in [1.82, 2.24) is 4.90 Å². The van der Waals surface area contributed by atoms with Gasteiger partial charge in [0, 0.05) is 13.1 Å². The quantitative estimate of drug-likeness (QED) is 0.488. The number of nitrogens with zero attached hydrogens (tertiary/aromatic N) is 1. The van der Waals surface area contributed by atoms with Crippen LogP contribution in [0.1, 0.15) is 12.8 Å². The van der Waals surface area contributed by atoms with Crippen molar-refractivity contribution in [3.63, 3.8) is 0 Å². The monoisotopic (exact) mass is 168 g/mol. The van der Waals surface area contributed by atoms with Crippen LogP contribution in [0.5, 0.6) is 0 Å². The summed E-state index contributed by atoms with van der Waals surface area (Å²) >= 11 is 0. The minimum Gasteiger partial charge on any atom is -0.328 e. The summed E-state index contributed by atoms with van der Waals surface area (Å²) < 4.78 is 0. The molecule has 2 atom stereocenters. The summed E-state index contributed by atoms with van der Waals surface area (Å²) in [5, 5.41) is 0. The van der Waals surface area contributed by atoms with Crippen molar-refractivity contribution < 1.29 is 9.59 Å². The van der Waals surface area contributed by atoms with E-state index in [1.165, 1.54) is 4.90 Å². The van der Waals surface area contributed by atoms with Crippen molar-refractivity contribution in [2.24, 2.45) is 17.6 Å². The van der Waals surface area contributed by atoms with E-state index in [1.807, 2.05) is 0 Å². The fourth-order valence-electron chi connectivity index (χ4n) is 2.23. The molecule has 2 N–H and O–H groups in total. The second-order valence-corrected chi connectivity index (χ2v) is 3.68. The van der Waals surface area contributed by atoms with Crippen LogP contribution < -0.4 is 5.73 Å². The number of fused-ring (bicyclic) bond motifs is 1. The van der Waals surface area contributed by atoms with E-state index in [4.69, 9.17) is 5.73 Å². The molecule has 2 fully saturated rings. The summed E-state index contributed by atoms with van der Waals surface area (Å²) in [5.41, 5.74) is 5.67. The maximum Gasteiger partial charge on any atom is 0.232 e. The molecule has 0 spiro atoms. The second kappa shape index (κ2) is 2.29. The lowest BCUT2D eigenvalue weighted by Crippen LogP contribution is -2.30. The zero-order valence-corrected chi connectivity index (χ0v) is 6.99. The van der Waals surface area contributed by atoms with Gasteiger partial charge in [0.25, 0.3) is 0 Å². The molecule has 12 heavy (non-hydrogen) atoms. The molecule has 1 saturated carbocycles. The van der Waals surface area contributed by atoms with Crippen molar-refractivity contribution in [2.75, 3.05) is 7.05 Å². The predicted molar refractivity (Wildman–Crippen MR) is 42.0 cm³/mol. The normalized spacial score (nSPS) is 40.8. The van der Waals surface area contributed by atoms with Gasteiger partial charge in [0.05, 0.1) is 11.8 Å². The molecule has 4 heteroatoms.